The molecule has 0 aromatic rings. The van der Waals surface area contributed by atoms with Crippen molar-refractivity contribution in [2.45, 2.75) is 18.9 Å². The number of hydrogen-bond acceptors (Lipinski definition) is 4. The van der Waals surface area contributed by atoms with Gasteiger partial charge in [0, 0.05) is 5.92 Å². The van der Waals surface area contributed by atoms with Crippen molar-refractivity contribution >= 4 is 21.9 Å². The number of carbonyl (C=O) groups is 1. The highest BCUT2D eigenvalue weighted by atomic mass is 32.2. The lowest BCUT2D eigenvalue weighted by Gasteiger charge is -2.30. The zero-order chi connectivity index (χ0) is 11.6. The van der Waals surface area contributed by atoms with Gasteiger partial charge in [0.1, 0.15) is 0 Å². The molecule has 1 rings (SSSR count). The first-order valence-corrected chi connectivity index (χ1v) is 6.27. The standard InChI is InChI=1S/C7H14N4O3S/c1-15(13,14)11-6(12)4-2-5(3-4)10-7(8)9/h4-5H,2-3H2,1H3,(H,11,12)(H4,8,9,10). The molecule has 1 saturated carbocycles. The average molecular weight is 234 g/mol. The number of hydrogen-bond donors (Lipinski definition) is 3. The second kappa shape index (κ2) is 4.05. The molecule has 0 atom stereocenters. The number of nitrogens with two attached hydrogens (primary N) is 2. The maximum Gasteiger partial charge on any atom is 0.236 e. The van der Waals surface area contributed by atoms with Crippen molar-refractivity contribution < 1.29 is 13.2 Å². The van der Waals surface area contributed by atoms with Crippen LogP contribution in [0.2, 0.25) is 0 Å². The first-order chi connectivity index (χ1) is 6.78. The summed E-state index contributed by atoms with van der Waals surface area (Å²) in [5.41, 5.74) is 10.3. The Morgan fingerprint density at radius 1 is 1.40 bits per heavy atom. The average Bonchev–Trinajstić information content (AvgIpc) is 1.91. The molecule has 0 spiro atoms. The zero-order valence-corrected chi connectivity index (χ0v) is 9.12. The number of nitrogens with zero attached hydrogens (tertiary/aromatic N) is 1. The number of aliphatic imine (C=N–C) groups is 1. The fourth-order valence-corrected chi connectivity index (χ4v) is 1.92. The van der Waals surface area contributed by atoms with Gasteiger partial charge < -0.3 is 11.5 Å². The van der Waals surface area contributed by atoms with Crippen molar-refractivity contribution in [1.82, 2.24) is 4.72 Å². The van der Waals surface area contributed by atoms with Crippen LogP contribution in [0.15, 0.2) is 4.99 Å². The van der Waals surface area contributed by atoms with Crippen LogP contribution in [-0.4, -0.2) is 32.6 Å². The van der Waals surface area contributed by atoms with Crippen LogP contribution in [0.3, 0.4) is 0 Å². The Labute approximate surface area is 88.0 Å². The monoisotopic (exact) mass is 234 g/mol. The molecule has 15 heavy (non-hydrogen) atoms. The van der Waals surface area contributed by atoms with Crippen molar-refractivity contribution in [3.63, 3.8) is 0 Å². The van der Waals surface area contributed by atoms with Gasteiger partial charge in [-0.1, -0.05) is 0 Å². The highest BCUT2D eigenvalue weighted by Crippen LogP contribution is 2.30. The highest BCUT2D eigenvalue weighted by Gasteiger charge is 2.35. The molecule has 0 aliphatic heterocycles. The van der Waals surface area contributed by atoms with Crippen LogP contribution in [0.1, 0.15) is 12.8 Å². The molecule has 0 bridgehead atoms. The van der Waals surface area contributed by atoms with E-state index in [2.05, 4.69) is 4.99 Å². The van der Waals surface area contributed by atoms with Gasteiger partial charge in [-0.2, -0.15) is 0 Å². The van der Waals surface area contributed by atoms with Crippen LogP contribution in [0.5, 0.6) is 0 Å². The van der Waals surface area contributed by atoms with Crippen molar-refractivity contribution in [1.29, 1.82) is 0 Å². The van der Waals surface area contributed by atoms with Gasteiger partial charge in [-0.15, -0.1) is 0 Å². The number of nitrogens with one attached hydrogen (secondary N) is 1. The molecular formula is C7H14N4O3S. The van der Waals surface area contributed by atoms with Gasteiger partial charge >= 0.3 is 0 Å². The minimum atomic E-state index is -3.47. The summed E-state index contributed by atoms with van der Waals surface area (Å²) in [5, 5.41) is 0. The fourth-order valence-electron chi connectivity index (χ4n) is 1.38. The quantitative estimate of drug-likeness (QED) is 0.388. The van der Waals surface area contributed by atoms with Gasteiger partial charge in [-0.3, -0.25) is 14.5 Å². The third-order valence-corrected chi connectivity index (χ3v) is 2.67. The summed E-state index contributed by atoms with van der Waals surface area (Å²) in [6, 6.07) is -0.0645. The van der Waals surface area contributed by atoms with Crippen LogP contribution in [0.25, 0.3) is 0 Å². The van der Waals surface area contributed by atoms with Crippen molar-refractivity contribution in [3.05, 3.63) is 0 Å². The van der Waals surface area contributed by atoms with Gasteiger partial charge in [0.05, 0.1) is 12.3 Å². The first kappa shape index (κ1) is 11.8. The Bertz CT molecular complexity index is 379. The lowest BCUT2D eigenvalue weighted by molar-refractivity contribution is -0.125. The normalized spacial score (nSPS) is 25.1. The summed E-state index contributed by atoms with van der Waals surface area (Å²) in [6.07, 6.45) is 1.91. The summed E-state index contributed by atoms with van der Waals surface area (Å²) in [7, 11) is -3.47. The second-order valence-electron chi connectivity index (χ2n) is 3.61. The van der Waals surface area contributed by atoms with E-state index in [0.29, 0.717) is 12.8 Å². The van der Waals surface area contributed by atoms with Crippen LogP contribution < -0.4 is 16.2 Å². The molecule has 0 aromatic carbocycles. The lowest BCUT2D eigenvalue weighted by atomic mass is 9.80. The third-order valence-electron chi connectivity index (χ3n) is 2.10. The molecule has 5 N–H and O–H groups in total. The first-order valence-electron chi connectivity index (χ1n) is 4.38. The Hall–Kier alpha value is -1.31. The Balaban J connectivity index is 2.40. The van der Waals surface area contributed by atoms with Crippen molar-refractivity contribution in [2.75, 3.05) is 6.26 Å². The minimum Gasteiger partial charge on any atom is -0.370 e. The second-order valence-corrected chi connectivity index (χ2v) is 5.36. The molecule has 7 nitrogen and oxygen atoms in total. The van der Waals surface area contributed by atoms with Crippen LogP contribution in [-0.2, 0) is 14.8 Å². The molecule has 0 heterocycles. The molecule has 1 fully saturated rings. The zero-order valence-electron chi connectivity index (χ0n) is 8.30. The van der Waals surface area contributed by atoms with Gasteiger partial charge in [0.15, 0.2) is 5.96 Å². The third kappa shape index (κ3) is 3.74. The van der Waals surface area contributed by atoms with E-state index in [0.717, 1.165) is 6.26 Å². The molecular weight excluding hydrogens is 220 g/mol. The summed E-state index contributed by atoms with van der Waals surface area (Å²) in [5.74, 6) is -0.811. The predicted octanol–water partition coefficient (Wildman–Crippen LogP) is -1.89. The van der Waals surface area contributed by atoms with E-state index in [1.54, 1.807) is 0 Å². The van der Waals surface area contributed by atoms with Crippen LogP contribution in [0, 0.1) is 5.92 Å². The van der Waals surface area contributed by atoms with Gasteiger partial charge in [-0.05, 0) is 12.8 Å². The Morgan fingerprint density at radius 2 is 1.93 bits per heavy atom. The summed E-state index contributed by atoms with van der Waals surface area (Å²) < 4.78 is 23.4. The molecule has 86 valence electrons. The largest absolute Gasteiger partial charge is 0.370 e. The van der Waals surface area contributed by atoms with E-state index in [4.69, 9.17) is 11.5 Å². The minimum absolute atomic E-state index is 0.0121. The smallest absolute Gasteiger partial charge is 0.236 e. The van der Waals surface area contributed by atoms with Crippen molar-refractivity contribution in [2.24, 2.45) is 22.4 Å². The summed E-state index contributed by atoms with van der Waals surface area (Å²) in [6.45, 7) is 0. The topological polar surface area (TPSA) is 128 Å². The van der Waals surface area contributed by atoms with E-state index >= 15 is 0 Å². The highest BCUT2D eigenvalue weighted by molar-refractivity contribution is 7.89. The number of sulfonamides is 1. The predicted molar refractivity (Wildman–Crippen MR) is 55.3 cm³/mol. The number of rotatable bonds is 3. The maximum absolute atomic E-state index is 11.3. The van der Waals surface area contributed by atoms with E-state index in [1.165, 1.54) is 0 Å². The number of carbonyl (C=O) groups excluding carboxylic acids is 1. The Kier molecular flexibility index (Phi) is 3.18. The lowest BCUT2D eigenvalue weighted by Crippen LogP contribution is -2.43. The molecule has 1 aliphatic rings. The Morgan fingerprint density at radius 3 is 2.33 bits per heavy atom. The molecule has 0 saturated heterocycles. The molecule has 0 aromatic heterocycles. The van der Waals surface area contributed by atoms with Crippen molar-refractivity contribution in [3.8, 4) is 0 Å². The molecule has 0 unspecified atom stereocenters. The molecule has 8 heteroatoms. The van der Waals surface area contributed by atoms with E-state index in [9.17, 15) is 13.2 Å². The van der Waals surface area contributed by atoms with Crippen LogP contribution >= 0.6 is 0 Å². The SMILES string of the molecule is CS(=O)(=O)NC(=O)C1CC(N=C(N)N)C1. The van der Waals surface area contributed by atoms with E-state index in [1.807, 2.05) is 4.72 Å². The number of amides is 1. The van der Waals surface area contributed by atoms with Gasteiger partial charge in [-0.25, -0.2) is 8.42 Å². The van der Waals surface area contributed by atoms with Gasteiger partial charge in [0.25, 0.3) is 0 Å². The summed E-state index contributed by atoms with van der Waals surface area (Å²) in [4.78, 5) is 15.1. The fraction of sp³-hybridized carbons (Fsp3) is 0.714. The molecule has 0 radical (unpaired) electrons. The maximum atomic E-state index is 11.3. The van der Waals surface area contributed by atoms with Crippen LogP contribution in [0.4, 0.5) is 0 Å². The van der Waals surface area contributed by atoms with E-state index in [-0.39, 0.29) is 17.9 Å². The molecule has 1 amide bonds. The summed E-state index contributed by atoms with van der Waals surface area (Å²) >= 11 is 0. The molecule has 1 aliphatic carbocycles. The van der Waals surface area contributed by atoms with Gasteiger partial charge in [0.2, 0.25) is 15.9 Å². The van der Waals surface area contributed by atoms with E-state index < -0.39 is 15.9 Å². The number of guanidine groups is 1.